The standard InChI is InChI=1S/C15H19ClN2O3/c1-11(19)17-7-6-15(20)18-8-9-21-14(10-18)12-2-4-13(16)5-3-12/h2-5,14H,6-10H2,1H3,(H,17,19)/t14-/m1/s1. The van der Waals surface area contributed by atoms with Crippen molar-refractivity contribution in [2.75, 3.05) is 26.2 Å². The lowest BCUT2D eigenvalue weighted by molar-refractivity contribution is -0.139. The van der Waals surface area contributed by atoms with Crippen molar-refractivity contribution in [1.82, 2.24) is 10.2 Å². The Labute approximate surface area is 129 Å². The molecule has 0 bridgehead atoms. The van der Waals surface area contributed by atoms with Gasteiger partial charge in [0.2, 0.25) is 11.8 Å². The molecule has 6 heteroatoms. The minimum atomic E-state index is -0.124. The fraction of sp³-hybridized carbons (Fsp3) is 0.467. The number of morpholine rings is 1. The number of ether oxygens (including phenoxy) is 1. The van der Waals surface area contributed by atoms with Gasteiger partial charge in [0.05, 0.1) is 13.2 Å². The predicted molar refractivity (Wildman–Crippen MR) is 80.0 cm³/mol. The molecule has 1 aliphatic heterocycles. The van der Waals surface area contributed by atoms with E-state index in [4.69, 9.17) is 16.3 Å². The molecular formula is C15H19ClN2O3. The highest BCUT2D eigenvalue weighted by atomic mass is 35.5. The summed E-state index contributed by atoms with van der Waals surface area (Å²) in [5.41, 5.74) is 1.01. The molecule has 5 nitrogen and oxygen atoms in total. The van der Waals surface area contributed by atoms with E-state index in [2.05, 4.69) is 5.32 Å². The van der Waals surface area contributed by atoms with Gasteiger partial charge in [-0.2, -0.15) is 0 Å². The van der Waals surface area contributed by atoms with Crippen molar-refractivity contribution in [2.24, 2.45) is 0 Å². The number of nitrogens with zero attached hydrogens (tertiary/aromatic N) is 1. The molecule has 1 fully saturated rings. The Morgan fingerprint density at radius 1 is 1.38 bits per heavy atom. The Bertz CT molecular complexity index is 504. The number of rotatable bonds is 4. The maximum absolute atomic E-state index is 12.1. The highest BCUT2D eigenvalue weighted by Gasteiger charge is 2.25. The molecule has 1 aromatic rings. The van der Waals surface area contributed by atoms with Crippen LogP contribution in [0.4, 0.5) is 0 Å². The summed E-state index contributed by atoms with van der Waals surface area (Å²) in [4.78, 5) is 24.7. The zero-order valence-electron chi connectivity index (χ0n) is 12.0. The summed E-state index contributed by atoms with van der Waals surface area (Å²) < 4.78 is 5.72. The van der Waals surface area contributed by atoms with Crippen LogP contribution in [0.3, 0.4) is 0 Å². The molecule has 114 valence electrons. The number of hydrogen-bond donors (Lipinski definition) is 1. The molecule has 1 aliphatic rings. The molecule has 0 aromatic heterocycles. The minimum Gasteiger partial charge on any atom is -0.370 e. The summed E-state index contributed by atoms with van der Waals surface area (Å²) in [5.74, 6) is -0.0881. The van der Waals surface area contributed by atoms with Gasteiger partial charge >= 0.3 is 0 Å². The van der Waals surface area contributed by atoms with Crippen molar-refractivity contribution in [3.8, 4) is 0 Å². The number of carbonyl (C=O) groups excluding carboxylic acids is 2. The summed E-state index contributed by atoms with van der Waals surface area (Å²) in [6.07, 6.45) is 0.188. The molecule has 1 aromatic carbocycles. The van der Waals surface area contributed by atoms with E-state index >= 15 is 0 Å². The number of benzene rings is 1. The Morgan fingerprint density at radius 2 is 2.10 bits per heavy atom. The number of hydrogen-bond acceptors (Lipinski definition) is 3. The van der Waals surface area contributed by atoms with Gasteiger partial charge in [-0.05, 0) is 17.7 Å². The van der Waals surface area contributed by atoms with Crippen molar-refractivity contribution in [3.05, 3.63) is 34.9 Å². The highest BCUT2D eigenvalue weighted by Crippen LogP contribution is 2.23. The first-order valence-electron chi connectivity index (χ1n) is 6.95. The maximum atomic E-state index is 12.1. The third kappa shape index (κ3) is 4.72. The Kier molecular flexibility index (Phi) is 5.59. The molecule has 0 aliphatic carbocycles. The summed E-state index contributed by atoms with van der Waals surface area (Å²) in [5, 5.41) is 3.31. The van der Waals surface area contributed by atoms with E-state index in [0.29, 0.717) is 37.7 Å². The molecule has 21 heavy (non-hydrogen) atoms. The van der Waals surface area contributed by atoms with E-state index in [1.807, 2.05) is 24.3 Å². The topological polar surface area (TPSA) is 58.6 Å². The van der Waals surface area contributed by atoms with Crippen LogP contribution in [0.2, 0.25) is 5.02 Å². The van der Waals surface area contributed by atoms with Gasteiger partial charge < -0.3 is 15.0 Å². The van der Waals surface area contributed by atoms with Crippen LogP contribution in [0.1, 0.15) is 25.0 Å². The second-order valence-corrected chi connectivity index (χ2v) is 5.42. The summed E-state index contributed by atoms with van der Waals surface area (Å²) >= 11 is 5.87. The number of carbonyl (C=O) groups is 2. The van der Waals surface area contributed by atoms with Gasteiger partial charge in [0.25, 0.3) is 0 Å². The molecule has 1 N–H and O–H groups in total. The zero-order valence-corrected chi connectivity index (χ0v) is 12.7. The summed E-state index contributed by atoms with van der Waals surface area (Å²) in [6, 6.07) is 7.46. The monoisotopic (exact) mass is 310 g/mol. The van der Waals surface area contributed by atoms with Gasteiger partial charge in [-0.3, -0.25) is 9.59 Å². The van der Waals surface area contributed by atoms with Crippen molar-refractivity contribution >= 4 is 23.4 Å². The van der Waals surface area contributed by atoms with Crippen LogP contribution in [0.5, 0.6) is 0 Å². The van der Waals surface area contributed by atoms with Gasteiger partial charge in [-0.15, -0.1) is 0 Å². The van der Waals surface area contributed by atoms with Crippen LogP contribution in [0, 0.1) is 0 Å². The zero-order chi connectivity index (χ0) is 15.2. The van der Waals surface area contributed by atoms with Gasteiger partial charge in [0.15, 0.2) is 0 Å². The van der Waals surface area contributed by atoms with E-state index in [-0.39, 0.29) is 17.9 Å². The van der Waals surface area contributed by atoms with Crippen LogP contribution in [0.25, 0.3) is 0 Å². The molecule has 0 unspecified atom stereocenters. The molecule has 0 radical (unpaired) electrons. The largest absolute Gasteiger partial charge is 0.370 e. The smallest absolute Gasteiger partial charge is 0.224 e. The molecular weight excluding hydrogens is 292 g/mol. The SMILES string of the molecule is CC(=O)NCCC(=O)N1CCO[C@@H](c2ccc(Cl)cc2)C1. The lowest BCUT2D eigenvalue weighted by Crippen LogP contribution is -2.43. The lowest BCUT2D eigenvalue weighted by Gasteiger charge is -2.33. The van der Waals surface area contributed by atoms with E-state index in [9.17, 15) is 9.59 Å². The predicted octanol–water partition coefficient (Wildman–Crippen LogP) is 1.77. The second kappa shape index (κ2) is 7.43. The summed E-state index contributed by atoms with van der Waals surface area (Å²) in [6.45, 7) is 3.44. The Balaban J connectivity index is 1.89. The average Bonchev–Trinajstić information content (AvgIpc) is 2.47. The summed E-state index contributed by atoms with van der Waals surface area (Å²) in [7, 11) is 0. The molecule has 1 atom stereocenters. The average molecular weight is 311 g/mol. The number of halogens is 1. The highest BCUT2D eigenvalue weighted by molar-refractivity contribution is 6.30. The maximum Gasteiger partial charge on any atom is 0.224 e. The van der Waals surface area contributed by atoms with Gasteiger partial charge in [-0.1, -0.05) is 23.7 Å². The second-order valence-electron chi connectivity index (χ2n) is 4.98. The van der Waals surface area contributed by atoms with E-state index in [1.54, 1.807) is 4.90 Å². The van der Waals surface area contributed by atoms with Crippen molar-refractivity contribution in [2.45, 2.75) is 19.4 Å². The molecule has 0 spiro atoms. The van der Waals surface area contributed by atoms with Crippen LogP contribution in [-0.4, -0.2) is 43.0 Å². The van der Waals surface area contributed by atoms with Crippen molar-refractivity contribution in [3.63, 3.8) is 0 Å². The Morgan fingerprint density at radius 3 is 2.76 bits per heavy atom. The third-order valence-electron chi connectivity index (χ3n) is 3.37. The molecule has 2 rings (SSSR count). The van der Waals surface area contributed by atoms with Gasteiger partial charge in [0, 0.05) is 31.5 Å². The molecule has 1 saturated heterocycles. The van der Waals surface area contributed by atoms with Gasteiger partial charge in [-0.25, -0.2) is 0 Å². The molecule has 0 saturated carbocycles. The quantitative estimate of drug-likeness (QED) is 0.922. The van der Waals surface area contributed by atoms with E-state index < -0.39 is 0 Å². The molecule has 1 heterocycles. The third-order valence-corrected chi connectivity index (χ3v) is 3.63. The van der Waals surface area contributed by atoms with Crippen LogP contribution in [-0.2, 0) is 14.3 Å². The first kappa shape index (κ1) is 15.8. The van der Waals surface area contributed by atoms with Gasteiger partial charge in [0.1, 0.15) is 6.10 Å². The first-order valence-corrected chi connectivity index (χ1v) is 7.33. The van der Waals surface area contributed by atoms with Crippen LogP contribution >= 0.6 is 11.6 Å². The van der Waals surface area contributed by atoms with E-state index in [1.165, 1.54) is 6.92 Å². The number of nitrogens with one attached hydrogen (secondary N) is 1. The fourth-order valence-corrected chi connectivity index (χ4v) is 2.38. The van der Waals surface area contributed by atoms with Crippen LogP contribution in [0.15, 0.2) is 24.3 Å². The number of amides is 2. The van der Waals surface area contributed by atoms with Crippen LogP contribution < -0.4 is 5.32 Å². The van der Waals surface area contributed by atoms with E-state index in [0.717, 1.165) is 5.56 Å². The fourth-order valence-electron chi connectivity index (χ4n) is 2.26. The molecule has 2 amide bonds. The minimum absolute atomic E-state index is 0.0333. The first-order chi connectivity index (χ1) is 10.1. The van der Waals surface area contributed by atoms with Crippen molar-refractivity contribution < 1.29 is 14.3 Å². The lowest BCUT2D eigenvalue weighted by atomic mass is 10.1. The normalized spacial score (nSPS) is 18.4. The Hall–Kier alpha value is -1.59. The van der Waals surface area contributed by atoms with Crippen molar-refractivity contribution in [1.29, 1.82) is 0 Å².